The number of aliphatic carboxylic acids is 1. The minimum Gasteiger partial charge on any atom is -0.481 e. The van der Waals surface area contributed by atoms with Crippen molar-refractivity contribution in [3.8, 4) is 0 Å². The van der Waals surface area contributed by atoms with E-state index >= 15 is 0 Å². The van der Waals surface area contributed by atoms with Crippen LogP contribution in [0.2, 0.25) is 0 Å². The first kappa shape index (κ1) is 14.1. The molecular weight excluding hydrogens is 270 g/mol. The number of anilines is 1. The van der Waals surface area contributed by atoms with Crippen LogP contribution in [0.5, 0.6) is 0 Å². The van der Waals surface area contributed by atoms with Crippen LogP contribution in [-0.4, -0.2) is 29.2 Å². The third-order valence-corrected chi connectivity index (χ3v) is 4.52. The van der Waals surface area contributed by atoms with Gasteiger partial charge in [0, 0.05) is 5.69 Å². The summed E-state index contributed by atoms with van der Waals surface area (Å²) in [5, 5.41) is 12.3. The molecule has 3 rings (SSSR count). The first-order valence-corrected chi connectivity index (χ1v) is 7.39. The molecule has 1 amide bonds. The van der Waals surface area contributed by atoms with Crippen molar-refractivity contribution in [2.24, 2.45) is 11.8 Å². The van der Waals surface area contributed by atoms with Gasteiger partial charge in [-0.25, -0.2) is 0 Å². The highest BCUT2D eigenvalue weighted by molar-refractivity contribution is 5.96. The van der Waals surface area contributed by atoms with Crippen LogP contribution in [0.25, 0.3) is 0 Å². The van der Waals surface area contributed by atoms with Gasteiger partial charge in [0.2, 0.25) is 5.91 Å². The largest absolute Gasteiger partial charge is 0.481 e. The number of carboxylic acid groups (broad SMARTS) is 1. The van der Waals surface area contributed by atoms with Gasteiger partial charge in [0.05, 0.1) is 24.0 Å². The van der Waals surface area contributed by atoms with E-state index in [1.807, 2.05) is 31.2 Å². The highest BCUT2D eigenvalue weighted by atomic mass is 16.5. The van der Waals surface area contributed by atoms with Gasteiger partial charge in [-0.15, -0.1) is 0 Å². The lowest BCUT2D eigenvalue weighted by atomic mass is 9.78. The summed E-state index contributed by atoms with van der Waals surface area (Å²) in [6.45, 7) is 2.02. The van der Waals surface area contributed by atoms with Crippen molar-refractivity contribution in [3.63, 3.8) is 0 Å². The van der Waals surface area contributed by atoms with E-state index in [2.05, 4.69) is 5.32 Å². The topological polar surface area (TPSA) is 75.6 Å². The molecule has 0 aromatic heterocycles. The lowest BCUT2D eigenvalue weighted by Crippen LogP contribution is -2.41. The quantitative estimate of drug-likeness (QED) is 0.889. The number of hydrogen-bond acceptors (Lipinski definition) is 3. The third kappa shape index (κ3) is 2.42. The Labute approximate surface area is 123 Å². The second-order valence-electron chi connectivity index (χ2n) is 5.68. The van der Waals surface area contributed by atoms with Gasteiger partial charge < -0.3 is 15.2 Å². The molecule has 2 heterocycles. The number of ether oxygens (including phenoxy) is 1. The second kappa shape index (κ2) is 5.48. The normalized spacial score (nSPS) is 30.3. The molecule has 2 aliphatic heterocycles. The number of hydrogen-bond donors (Lipinski definition) is 2. The lowest BCUT2D eigenvalue weighted by Gasteiger charge is -2.24. The molecule has 1 aromatic rings. The fraction of sp³-hybridized carbons (Fsp3) is 0.500. The predicted octanol–water partition coefficient (Wildman–Crippen LogP) is 2.07. The number of rotatable bonds is 4. The molecule has 2 N–H and O–H groups in total. The number of carboxylic acids is 1. The number of para-hydroxylation sites is 1. The minimum absolute atomic E-state index is 0.240. The van der Waals surface area contributed by atoms with Crippen molar-refractivity contribution < 1.29 is 19.4 Å². The molecule has 0 aliphatic carbocycles. The maximum atomic E-state index is 12.5. The molecule has 0 spiro atoms. The Kier molecular flexibility index (Phi) is 3.68. The second-order valence-corrected chi connectivity index (χ2v) is 5.68. The summed E-state index contributed by atoms with van der Waals surface area (Å²) < 4.78 is 5.63. The van der Waals surface area contributed by atoms with Crippen molar-refractivity contribution in [2.75, 3.05) is 5.32 Å². The van der Waals surface area contributed by atoms with Gasteiger partial charge in [-0.3, -0.25) is 9.59 Å². The minimum atomic E-state index is -0.939. The zero-order valence-corrected chi connectivity index (χ0v) is 11.9. The van der Waals surface area contributed by atoms with Crippen LogP contribution < -0.4 is 5.32 Å². The first-order chi connectivity index (χ1) is 10.1. The van der Waals surface area contributed by atoms with Crippen LogP contribution in [0, 0.1) is 11.8 Å². The van der Waals surface area contributed by atoms with Crippen molar-refractivity contribution in [3.05, 3.63) is 29.8 Å². The maximum absolute atomic E-state index is 12.5. The standard InChI is InChI=1S/C16H19NO4/c1-2-9-5-3-4-6-10(9)17-15(18)13-11-7-8-12(21-11)14(13)16(19)20/h3-6,11-14H,2,7-8H2,1H3,(H,17,18)(H,19,20)/t11-,12-,13?,14?/m1/s1. The van der Waals surface area contributed by atoms with Gasteiger partial charge in [-0.1, -0.05) is 25.1 Å². The van der Waals surface area contributed by atoms with Crippen molar-refractivity contribution in [2.45, 2.75) is 38.4 Å². The molecular formula is C16H19NO4. The smallest absolute Gasteiger partial charge is 0.310 e. The molecule has 2 saturated heterocycles. The average Bonchev–Trinajstić information content (AvgIpc) is 3.08. The fourth-order valence-corrected chi connectivity index (χ4v) is 3.49. The van der Waals surface area contributed by atoms with Gasteiger partial charge in [0.1, 0.15) is 0 Å². The Morgan fingerprint density at radius 3 is 2.57 bits per heavy atom. The van der Waals surface area contributed by atoms with E-state index in [0.717, 1.165) is 30.5 Å². The number of benzene rings is 1. The molecule has 0 saturated carbocycles. The predicted molar refractivity (Wildman–Crippen MR) is 77.0 cm³/mol. The summed E-state index contributed by atoms with van der Waals surface area (Å²) in [5.74, 6) is -2.50. The Hall–Kier alpha value is -1.88. The summed E-state index contributed by atoms with van der Waals surface area (Å²) in [5.41, 5.74) is 1.80. The Morgan fingerprint density at radius 2 is 1.90 bits per heavy atom. The van der Waals surface area contributed by atoms with Crippen LogP contribution in [0.15, 0.2) is 24.3 Å². The van der Waals surface area contributed by atoms with Crippen LogP contribution in [0.4, 0.5) is 5.69 Å². The number of carbonyl (C=O) groups is 2. The summed E-state index contributed by atoms with van der Waals surface area (Å²) >= 11 is 0. The molecule has 21 heavy (non-hydrogen) atoms. The van der Waals surface area contributed by atoms with Gasteiger partial charge in [-0.2, -0.15) is 0 Å². The van der Waals surface area contributed by atoms with Crippen molar-refractivity contribution in [1.29, 1.82) is 0 Å². The van der Waals surface area contributed by atoms with E-state index in [1.54, 1.807) is 0 Å². The molecule has 0 radical (unpaired) electrons. The summed E-state index contributed by atoms with van der Waals surface area (Å²) in [4.78, 5) is 24.0. The van der Waals surface area contributed by atoms with E-state index in [1.165, 1.54) is 0 Å². The van der Waals surface area contributed by atoms with E-state index < -0.39 is 17.8 Å². The summed E-state index contributed by atoms with van der Waals surface area (Å²) in [7, 11) is 0. The average molecular weight is 289 g/mol. The van der Waals surface area contributed by atoms with Crippen LogP contribution in [0.3, 0.4) is 0 Å². The van der Waals surface area contributed by atoms with Crippen molar-refractivity contribution >= 4 is 17.6 Å². The van der Waals surface area contributed by atoms with Crippen molar-refractivity contribution in [1.82, 2.24) is 0 Å². The number of aryl methyl sites for hydroxylation is 1. The molecule has 2 fully saturated rings. The third-order valence-electron chi connectivity index (χ3n) is 4.52. The van der Waals surface area contributed by atoms with Gasteiger partial charge in [0.25, 0.3) is 0 Å². The number of carbonyl (C=O) groups excluding carboxylic acids is 1. The van der Waals surface area contributed by atoms with Gasteiger partial charge in [-0.05, 0) is 30.9 Å². The summed E-state index contributed by atoms with van der Waals surface area (Å²) in [6, 6.07) is 7.60. The molecule has 5 heteroatoms. The van der Waals surface area contributed by atoms with Crippen LogP contribution in [-0.2, 0) is 20.7 Å². The Balaban J connectivity index is 1.80. The molecule has 2 bridgehead atoms. The molecule has 4 atom stereocenters. The molecule has 5 nitrogen and oxygen atoms in total. The van der Waals surface area contributed by atoms with Gasteiger partial charge >= 0.3 is 5.97 Å². The van der Waals surface area contributed by atoms with Crippen LogP contribution >= 0.6 is 0 Å². The molecule has 2 unspecified atom stereocenters. The number of fused-ring (bicyclic) bond motifs is 2. The van der Waals surface area contributed by atoms with Gasteiger partial charge in [0.15, 0.2) is 0 Å². The molecule has 112 valence electrons. The monoisotopic (exact) mass is 289 g/mol. The zero-order chi connectivity index (χ0) is 15.0. The van der Waals surface area contributed by atoms with E-state index in [9.17, 15) is 14.7 Å². The maximum Gasteiger partial charge on any atom is 0.310 e. The number of amides is 1. The van der Waals surface area contributed by atoms with E-state index in [0.29, 0.717) is 0 Å². The first-order valence-electron chi connectivity index (χ1n) is 7.39. The highest BCUT2D eigenvalue weighted by Crippen LogP contribution is 2.44. The van der Waals surface area contributed by atoms with E-state index in [4.69, 9.17) is 4.74 Å². The fourth-order valence-electron chi connectivity index (χ4n) is 3.49. The van der Waals surface area contributed by atoms with Crippen LogP contribution in [0.1, 0.15) is 25.3 Å². The Bertz CT molecular complexity index is 571. The highest BCUT2D eigenvalue weighted by Gasteiger charge is 2.55. The Morgan fingerprint density at radius 1 is 1.24 bits per heavy atom. The lowest BCUT2D eigenvalue weighted by molar-refractivity contribution is -0.147. The molecule has 1 aromatic carbocycles. The van der Waals surface area contributed by atoms with E-state index in [-0.39, 0.29) is 18.1 Å². The summed E-state index contributed by atoms with van der Waals surface area (Å²) in [6.07, 6.45) is 1.74. The zero-order valence-electron chi connectivity index (χ0n) is 11.9. The molecule has 2 aliphatic rings. The number of nitrogens with one attached hydrogen (secondary N) is 1. The SMILES string of the molecule is CCc1ccccc1NC(=O)C1C(C(=O)O)[C@H]2CC[C@H]1O2.